The summed E-state index contributed by atoms with van der Waals surface area (Å²) in [6.45, 7) is 4.30. The number of nitrogens with one attached hydrogen (secondary N) is 2. The lowest BCUT2D eigenvalue weighted by Gasteiger charge is -2.15. The minimum Gasteiger partial charge on any atom is -0.369 e. The summed E-state index contributed by atoms with van der Waals surface area (Å²) < 4.78 is 23.8. The fourth-order valence-corrected chi connectivity index (χ4v) is 4.96. The lowest BCUT2D eigenvalue weighted by Crippen LogP contribution is -2.26. The van der Waals surface area contributed by atoms with E-state index in [0.717, 1.165) is 40.9 Å². The van der Waals surface area contributed by atoms with Crippen molar-refractivity contribution in [3.05, 3.63) is 67.0 Å². The molecule has 0 radical (unpaired) electrons. The van der Waals surface area contributed by atoms with Crippen LogP contribution in [0.5, 0.6) is 0 Å². The van der Waals surface area contributed by atoms with Crippen LogP contribution in [0.25, 0.3) is 22.0 Å². The minimum atomic E-state index is -3.30. The molecule has 0 amide bonds. The van der Waals surface area contributed by atoms with Crippen LogP contribution in [0.15, 0.2) is 71.9 Å². The number of rotatable bonds is 8. The number of hydrogen-bond donors (Lipinski definition) is 2. The fraction of sp³-hybridized carbons (Fsp3) is 0.269. The maximum Gasteiger partial charge on any atom is 0.227 e. The Balaban J connectivity index is 1.35. The van der Waals surface area contributed by atoms with Gasteiger partial charge in [0.05, 0.1) is 10.4 Å². The summed E-state index contributed by atoms with van der Waals surface area (Å²) in [7, 11) is -3.30. The SMILES string of the molecule is CS(=O)(=O)c1cccc(Nc2ncc3cccc(-c4ccc(NCCN5CCCC5)nc4)c3n2)c1. The van der Waals surface area contributed by atoms with E-state index in [0.29, 0.717) is 11.6 Å². The zero-order chi connectivity index (χ0) is 24.3. The van der Waals surface area contributed by atoms with E-state index in [2.05, 4.69) is 25.5 Å². The number of para-hydroxylation sites is 1. The van der Waals surface area contributed by atoms with Gasteiger partial charge in [-0.2, -0.15) is 0 Å². The van der Waals surface area contributed by atoms with Crippen LogP contribution >= 0.6 is 0 Å². The van der Waals surface area contributed by atoms with Crippen LogP contribution in [0.2, 0.25) is 0 Å². The highest BCUT2D eigenvalue weighted by molar-refractivity contribution is 7.90. The standard InChI is InChI=1S/C26H28N6O2S/c1-35(33,34)22-8-5-7-21(16-22)30-26-29-18-20-6-4-9-23(25(20)31-26)19-10-11-24(28-17-19)27-12-15-32-13-2-3-14-32/h4-11,16-18H,2-3,12-15H2,1H3,(H,27,28)(H,29,30,31). The van der Waals surface area contributed by atoms with Gasteiger partial charge in [-0.1, -0.05) is 24.3 Å². The van der Waals surface area contributed by atoms with E-state index in [-0.39, 0.29) is 4.90 Å². The third-order valence-electron chi connectivity index (χ3n) is 6.14. The highest BCUT2D eigenvalue weighted by atomic mass is 32.2. The van der Waals surface area contributed by atoms with Crippen molar-refractivity contribution in [1.82, 2.24) is 19.9 Å². The summed E-state index contributed by atoms with van der Waals surface area (Å²) in [6.07, 6.45) is 7.40. The van der Waals surface area contributed by atoms with Crippen molar-refractivity contribution >= 4 is 38.2 Å². The Morgan fingerprint density at radius 2 is 1.80 bits per heavy atom. The Hall–Kier alpha value is -3.56. The van der Waals surface area contributed by atoms with Gasteiger partial charge >= 0.3 is 0 Å². The molecule has 2 N–H and O–H groups in total. The number of benzene rings is 2. The van der Waals surface area contributed by atoms with Gasteiger partial charge in [0.25, 0.3) is 0 Å². The quantitative estimate of drug-likeness (QED) is 0.378. The van der Waals surface area contributed by atoms with Gasteiger partial charge in [-0.3, -0.25) is 0 Å². The molecule has 35 heavy (non-hydrogen) atoms. The molecule has 9 heteroatoms. The smallest absolute Gasteiger partial charge is 0.227 e. The first kappa shape index (κ1) is 23.2. The zero-order valence-corrected chi connectivity index (χ0v) is 20.4. The predicted octanol–water partition coefficient (Wildman–Crippen LogP) is 4.35. The van der Waals surface area contributed by atoms with Crippen LogP contribution in [-0.4, -0.2) is 60.7 Å². The van der Waals surface area contributed by atoms with Crippen molar-refractivity contribution in [2.45, 2.75) is 17.7 Å². The number of anilines is 3. The predicted molar refractivity (Wildman–Crippen MR) is 140 cm³/mol. The summed E-state index contributed by atoms with van der Waals surface area (Å²) in [6, 6.07) is 16.6. The molecule has 0 bridgehead atoms. The molecular weight excluding hydrogens is 460 g/mol. The summed E-state index contributed by atoms with van der Waals surface area (Å²) in [5, 5.41) is 7.44. The lowest BCUT2D eigenvalue weighted by molar-refractivity contribution is 0.352. The van der Waals surface area contributed by atoms with Gasteiger partial charge in [-0.05, 0) is 56.3 Å². The van der Waals surface area contributed by atoms with E-state index in [9.17, 15) is 8.42 Å². The molecule has 4 aromatic rings. The van der Waals surface area contributed by atoms with E-state index >= 15 is 0 Å². The minimum absolute atomic E-state index is 0.240. The molecule has 180 valence electrons. The second-order valence-corrected chi connectivity index (χ2v) is 10.8. The molecule has 0 unspecified atom stereocenters. The van der Waals surface area contributed by atoms with E-state index in [1.807, 2.05) is 36.5 Å². The number of pyridine rings is 1. The van der Waals surface area contributed by atoms with Gasteiger partial charge in [-0.15, -0.1) is 0 Å². The Bertz CT molecular complexity index is 1430. The second-order valence-electron chi connectivity index (χ2n) is 8.77. The third kappa shape index (κ3) is 5.58. The molecular formula is C26H28N6O2S. The second kappa shape index (κ2) is 9.97. The number of sulfone groups is 1. The number of aromatic nitrogens is 3. The number of likely N-dealkylation sites (tertiary alicyclic amines) is 1. The van der Waals surface area contributed by atoms with Crippen LogP contribution in [-0.2, 0) is 9.84 Å². The first-order valence-electron chi connectivity index (χ1n) is 11.7. The van der Waals surface area contributed by atoms with Crippen LogP contribution in [0.1, 0.15) is 12.8 Å². The number of fused-ring (bicyclic) bond motifs is 1. The Kier molecular flexibility index (Phi) is 6.61. The lowest BCUT2D eigenvalue weighted by atomic mass is 10.0. The van der Waals surface area contributed by atoms with Crippen molar-refractivity contribution in [2.75, 3.05) is 43.1 Å². The fourth-order valence-electron chi connectivity index (χ4n) is 4.29. The largest absolute Gasteiger partial charge is 0.369 e. The molecule has 8 nitrogen and oxygen atoms in total. The van der Waals surface area contributed by atoms with Crippen molar-refractivity contribution in [1.29, 1.82) is 0 Å². The molecule has 1 saturated heterocycles. The summed E-state index contributed by atoms with van der Waals surface area (Å²) in [4.78, 5) is 16.5. The third-order valence-corrected chi connectivity index (χ3v) is 7.25. The molecule has 2 aromatic heterocycles. The topological polar surface area (TPSA) is 100 Å². The van der Waals surface area contributed by atoms with Gasteiger partial charge in [0.15, 0.2) is 9.84 Å². The van der Waals surface area contributed by atoms with Crippen molar-refractivity contribution < 1.29 is 8.42 Å². The van der Waals surface area contributed by atoms with E-state index in [1.165, 1.54) is 32.2 Å². The Morgan fingerprint density at radius 1 is 0.971 bits per heavy atom. The van der Waals surface area contributed by atoms with Gasteiger partial charge in [0, 0.05) is 53.9 Å². The van der Waals surface area contributed by atoms with Crippen LogP contribution in [0.4, 0.5) is 17.5 Å². The summed E-state index contributed by atoms with van der Waals surface area (Å²) in [5.41, 5.74) is 3.31. The average molecular weight is 489 g/mol. The Morgan fingerprint density at radius 3 is 2.57 bits per heavy atom. The molecule has 1 aliphatic heterocycles. The highest BCUT2D eigenvalue weighted by Gasteiger charge is 2.12. The molecule has 0 spiro atoms. The van der Waals surface area contributed by atoms with E-state index < -0.39 is 9.84 Å². The zero-order valence-electron chi connectivity index (χ0n) is 19.6. The van der Waals surface area contributed by atoms with Crippen LogP contribution in [0, 0.1) is 0 Å². The molecule has 1 aliphatic rings. The van der Waals surface area contributed by atoms with E-state index in [4.69, 9.17) is 4.98 Å². The summed E-state index contributed by atoms with van der Waals surface area (Å²) >= 11 is 0. The Labute approximate surface area is 205 Å². The molecule has 0 saturated carbocycles. The van der Waals surface area contributed by atoms with Gasteiger partial charge in [0.1, 0.15) is 5.82 Å². The maximum absolute atomic E-state index is 11.9. The van der Waals surface area contributed by atoms with Gasteiger partial charge in [0.2, 0.25) is 5.95 Å². The van der Waals surface area contributed by atoms with Gasteiger partial charge < -0.3 is 15.5 Å². The molecule has 5 rings (SSSR count). The van der Waals surface area contributed by atoms with Crippen LogP contribution in [0.3, 0.4) is 0 Å². The van der Waals surface area contributed by atoms with Crippen molar-refractivity contribution in [2.24, 2.45) is 0 Å². The summed E-state index contributed by atoms with van der Waals surface area (Å²) in [5.74, 6) is 1.25. The average Bonchev–Trinajstić information content (AvgIpc) is 3.37. The van der Waals surface area contributed by atoms with Crippen molar-refractivity contribution in [3.8, 4) is 11.1 Å². The first-order valence-corrected chi connectivity index (χ1v) is 13.6. The number of hydrogen-bond acceptors (Lipinski definition) is 8. The molecule has 2 aromatic carbocycles. The van der Waals surface area contributed by atoms with Crippen molar-refractivity contribution in [3.63, 3.8) is 0 Å². The monoisotopic (exact) mass is 488 g/mol. The normalized spacial score (nSPS) is 14.3. The maximum atomic E-state index is 11.9. The molecule has 0 atom stereocenters. The number of nitrogens with zero attached hydrogens (tertiary/aromatic N) is 4. The van der Waals surface area contributed by atoms with E-state index in [1.54, 1.807) is 30.5 Å². The van der Waals surface area contributed by atoms with Gasteiger partial charge in [-0.25, -0.2) is 23.4 Å². The first-order chi connectivity index (χ1) is 17.0. The van der Waals surface area contributed by atoms with Crippen LogP contribution < -0.4 is 10.6 Å². The molecule has 1 fully saturated rings. The highest BCUT2D eigenvalue weighted by Crippen LogP contribution is 2.28. The molecule has 0 aliphatic carbocycles. The molecule has 3 heterocycles.